The average molecular weight is 291 g/mol. The predicted octanol–water partition coefficient (Wildman–Crippen LogP) is 4.17. The van der Waals surface area contributed by atoms with E-state index in [0.29, 0.717) is 12.0 Å². The van der Waals surface area contributed by atoms with Gasteiger partial charge in [0.25, 0.3) is 0 Å². The summed E-state index contributed by atoms with van der Waals surface area (Å²) in [5, 5.41) is 9.66. The monoisotopic (exact) mass is 291 g/mol. The molecule has 2 aromatic rings. The SMILES string of the molecule is CC(C)n1c(SCc2ccc(F)cc2)nnc1C1CC1. The van der Waals surface area contributed by atoms with E-state index in [1.165, 1.54) is 25.0 Å². The quantitative estimate of drug-likeness (QED) is 0.775. The third-order valence-electron chi connectivity index (χ3n) is 3.43. The van der Waals surface area contributed by atoms with Crippen molar-refractivity contribution in [3.05, 3.63) is 41.5 Å². The van der Waals surface area contributed by atoms with Crippen LogP contribution in [0, 0.1) is 5.82 Å². The summed E-state index contributed by atoms with van der Waals surface area (Å²) in [6.45, 7) is 4.33. The first-order chi connectivity index (χ1) is 9.65. The summed E-state index contributed by atoms with van der Waals surface area (Å²) in [5.41, 5.74) is 1.10. The van der Waals surface area contributed by atoms with Gasteiger partial charge in [0.1, 0.15) is 11.6 Å². The van der Waals surface area contributed by atoms with E-state index in [4.69, 9.17) is 0 Å². The summed E-state index contributed by atoms with van der Waals surface area (Å²) < 4.78 is 15.1. The predicted molar refractivity (Wildman–Crippen MR) is 78.3 cm³/mol. The maximum atomic E-state index is 12.9. The summed E-state index contributed by atoms with van der Waals surface area (Å²) in [6.07, 6.45) is 2.46. The lowest BCUT2D eigenvalue weighted by atomic mass is 10.2. The van der Waals surface area contributed by atoms with E-state index in [0.717, 1.165) is 22.3 Å². The molecule has 5 heteroatoms. The van der Waals surface area contributed by atoms with Crippen LogP contribution < -0.4 is 0 Å². The highest BCUT2D eigenvalue weighted by Crippen LogP contribution is 2.41. The molecule has 1 aromatic carbocycles. The van der Waals surface area contributed by atoms with Gasteiger partial charge in [-0.15, -0.1) is 10.2 Å². The number of halogens is 1. The zero-order valence-corrected chi connectivity index (χ0v) is 12.5. The molecule has 1 saturated carbocycles. The normalized spacial score (nSPS) is 15.0. The molecule has 1 fully saturated rings. The van der Waals surface area contributed by atoms with E-state index in [1.807, 2.05) is 12.1 Å². The molecule has 0 saturated heterocycles. The smallest absolute Gasteiger partial charge is 0.191 e. The Labute approximate surface area is 122 Å². The second-order valence-electron chi connectivity index (χ2n) is 5.49. The molecule has 1 aromatic heterocycles. The molecule has 0 amide bonds. The van der Waals surface area contributed by atoms with Crippen LogP contribution in [-0.4, -0.2) is 14.8 Å². The van der Waals surface area contributed by atoms with Crippen LogP contribution in [-0.2, 0) is 5.75 Å². The number of benzene rings is 1. The molecule has 1 aliphatic rings. The zero-order chi connectivity index (χ0) is 14.1. The van der Waals surface area contributed by atoms with Crippen LogP contribution in [0.15, 0.2) is 29.4 Å². The standard InChI is InChI=1S/C15H18FN3S/c1-10(2)19-14(12-5-6-12)17-18-15(19)20-9-11-3-7-13(16)8-4-11/h3-4,7-8,10,12H,5-6,9H2,1-2H3. The molecule has 3 rings (SSSR count). The Morgan fingerprint density at radius 2 is 1.95 bits per heavy atom. The van der Waals surface area contributed by atoms with Crippen molar-refractivity contribution in [1.82, 2.24) is 14.8 Å². The number of thioether (sulfide) groups is 1. The van der Waals surface area contributed by atoms with Crippen molar-refractivity contribution in [2.24, 2.45) is 0 Å². The molecule has 0 spiro atoms. The Balaban J connectivity index is 1.75. The van der Waals surface area contributed by atoms with Gasteiger partial charge in [0.2, 0.25) is 0 Å². The Kier molecular flexibility index (Phi) is 3.78. The number of nitrogens with zero attached hydrogens (tertiary/aromatic N) is 3. The minimum atomic E-state index is -0.194. The number of hydrogen-bond acceptors (Lipinski definition) is 3. The largest absolute Gasteiger partial charge is 0.303 e. The molecule has 1 aliphatic carbocycles. The van der Waals surface area contributed by atoms with Gasteiger partial charge in [-0.05, 0) is 44.4 Å². The molecule has 106 valence electrons. The van der Waals surface area contributed by atoms with Crippen molar-refractivity contribution in [3.8, 4) is 0 Å². The fourth-order valence-electron chi connectivity index (χ4n) is 2.22. The van der Waals surface area contributed by atoms with Crippen LogP contribution in [0.2, 0.25) is 0 Å². The van der Waals surface area contributed by atoms with E-state index in [1.54, 1.807) is 11.8 Å². The van der Waals surface area contributed by atoms with Crippen molar-refractivity contribution >= 4 is 11.8 Å². The highest BCUT2D eigenvalue weighted by Gasteiger charge is 2.31. The molecule has 0 unspecified atom stereocenters. The molecular formula is C15H18FN3S. The maximum absolute atomic E-state index is 12.9. The summed E-state index contributed by atoms with van der Waals surface area (Å²) in [6, 6.07) is 7.01. The molecule has 20 heavy (non-hydrogen) atoms. The highest BCUT2D eigenvalue weighted by atomic mass is 32.2. The molecular weight excluding hydrogens is 273 g/mol. The molecule has 0 radical (unpaired) electrons. The molecule has 0 bridgehead atoms. The Bertz CT molecular complexity index is 588. The Hall–Kier alpha value is -1.36. The lowest BCUT2D eigenvalue weighted by Crippen LogP contribution is -2.07. The second-order valence-corrected chi connectivity index (χ2v) is 6.44. The Morgan fingerprint density at radius 3 is 2.55 bits per heavy atom. The van der Waals surface area contributed by atoms with Crippen LogP contribution in [0.1, 0.15) is 50.0 Å². The first-order valence-corrected chi connectivity index (χ1v) is 7.95. The highest BCUT2D eigenvalue weighted by molar-refractivity contribution is 7.98. The van der Waals surface area contributed by atoms with Gasteiger partial charge in [-0.2, -0.15) is 0 Å². The average Bonchev–Trinajstić information content (AvgIpc) is 3.18. The summed E-state index contributed by atoms with van der Waals surface area (Å²) in [4.78, 5) is 0. The zero-order valence-electron chi connectivity index (χ0n) is 11.7. The second kappa shape index (κ2) is 5.56. The van der Waals surface area contributed by atoms with E-state index < -0.39 is 0 Å². The first-order valence-electron chi connectivity index (χ1n) is 6.97. The van der Waals surface area contributed by atoms with Crippen LogP contribution >= 0.6 is 11.8 Å². The van der Waals surface area contributed by atoms with Gasteiger partial charge >= 0.3 is 0 Å². The fraction of sp³-hybridized carbons (Fsp3) is 0.467. The lowest BCUT2D eigenvalue weighted by Gasteiger charge is -2.13. The fourth-order valence-corrected chi connectivity index (χ4v) is 3.25. The van der Waals surface area contributed by atoms with Gasteiger partial charge in [-0.3, -0.25) is 0 Å². The van der Waals surface area contributed by atoms with E-state index in [9.17, 15) is 4.39 Å². The van der Waals surface area contributed by atoms with Gasteiger partial charge in [-0.1, -0.05) is 23.9 Å². The topological polar surface area (TPSA) is 30.7 Å². The molecule has 0 atom stereocenters. The van der Waals surface area contributed by atoms with Crippen LogP contribution in [0.4, 0.5) is 4.39 Å². The minimum absolute atomic E-state index is 0.194. The van der Waals surface area contributed by atoms with E-state index in [2.05, 4.69) is 28.6 Å². The summed E-state index contributed by atoms with van der Waals surface area (Å²) in [5.74, 6) is 2.32. The third-order valence-corrected chi connectivity index (χ3v) is 4.45. The van der Waals surface area contributed by atoms with Gasteiger partial charge in [0, 0.05) is 17.7 Å². The van der Waals surface area contributed by atoms with Gasteiger partial charge < -0.3 is 4.57 Å². The van der Waals surface area contributed by atoms with E-state index >= 15 is 0 Å². The number of hydrogen-bond donors (Lipinski definition) is 0. The molecule has 1 heterocycles. The lowest BCUT2D eigenvalue weighted by molar-refractivity contribution is 0.526. The molecule has 3 nitrogen and oxygen atoms in total. The van der Waals surface area contributed by atoms with Crippen LogP contribution in [0.3, 0.4) is 0 Å². The summed E-state index contributed by atoms with van der Waals surface area (Å²) >= 11 is 1.67. The third kappa shape index (κ3) is 2.87. The van der Waals surface area contributed by atoms with Crippen molar-refractivity contribution in [2.45, 2.75) is 49.6 Å². The van der Waals surface area contributed by atoms with E-state index in [-0.39, 0.29) is 5.82 Å². The maximum Gasteiger partial charge on any atom is 0.191 e. The Morgan fingerprint density at radius 1 is 1.25 bits per heavy atom. The van der Waals surface area contributed by atoms with Gasteiger partial charge in [-0.25, -0.2) is 4.39 Å². The van der Waals surface area contributed by atoms with Crippen molar-refractivity contribution in [2.75, 3.05) is 0 Å². The van der Waals surface area contributed by atoms with Crippen molar-refractivity contribution < 1.29 is 4.39 Å². The molecule has 0 N–H and O–H groups in total. The van der Waals surface area contributed by atoms with Crippen molar-refractivity contribution in [3.63, 3.8) is 0 Å². The summed E-state index contributed by atoms with van der Waals surface area (Å²) in [7, 11) is 0. The van der Waals surface area contributed by atoms with Crippen LogP contribution in [0.5, 0.6) is 0 Å². The number of aromatic nitrogens is 3. The van der Waals surface area contributed by atoms with Gasteiger partial charge in [0.05, 0.1) is 0 Å². The first kappa shape index (κ1) is 13.6. The van der Waals surface area contributed by atoms with Crippen LogP contribution in [0.25, 0.3) is 0 Å². The minimum Gasteiger partial charge on any atom is -0.303 e. The number of rotatable bonds is 5. The van der Waals surface area contributed by atoms with Crippen molar-refractivity contribution in [1.29, 1.82) is 0 Å². The molecule has 0 aliphatic heterocycles. The van der Waals surface area contributed by atoms with Gasteiger partial charge in [0.15, 0.2) is 5.16 Å².